The third-order valence-corrected chi connectivity index (χ3v) is 5.61. The second kappa shape index (κ2) is 7.25. The van der Waals surface area contributed by atoms with Crippen molar-refractivity contribution in [1.29, 1.82) is 5.26 Å². The molecule has 1 aromatic carbocycles. The standard InChI is InChI=1S/C21H16N4O2S/c1-3-15-9-14(11-22)21(28-15)24-19(26)16-10-17(13-7-5-4-6-8-13)23-20-18(16)12(2)25-27-20/h4-10H,3H2,1-2H3,(H,24,26). The lowest BCUT2D eigenvalue weighted by molar-refractivity contribution is 0.102. The zero-order valence-electron chi connectivity index (χ0n) is 15.3. The Morgan fingerprint density at radius 1 is 1.29 bits per heavy atom. The number of carbonyl (C=O) groups excluding carboxylic acids is 1. The molecular formula is C21H16N4O2S. The van der Waals surface area contributed by atoms with Crippen molar-refractivity contribution in [1.82, 2.24) is 10.1 Å². The van der Waals surface area contributed by atoms with E-state index in [1.165, 1.54) is 11.3 Å². The minimum absolute atomic E-state index is 0.310. The lowest BCUT2D eigenvalue weighted by Crippen LogP contribution is -2.13. The van der Waals surface area contributed by atoms with Crippen molar-refractivity contribution in [3.63, 3.8) is 0 Å². The van der Waals surface area contributed by atoms with Gasteiger partial charge < -0.3 is 9.84 Å². The van der Waals surface area contributed by atoms with Crippen molar-refractivity contribution in [3.8, 4) is 17.3 Å². The topological polar surface area (TPSA) is 91.8 Å². The molecule has 3 heterocycles. The van der Waals surface area contributed by atoms with Crippen LogP contribution in [0.25, 0.3) is 22.4 Å². The van der Waals surface area contributed by atoms with Crippen LogP contribution < -0.4 is 5.32 Å². The van der Waals surface area contributed by atoms with Crippen LogP contribution >= 0.6 is 11.3 Å². The molecule has 0 unspecified atom stereocenters. The van der Waals surface area contributed by atoms with Crippen molar-refractivity contribution in [2.45, 2.75) is 20.3 Å². The molecule has 0 saturated carbocycles. The molecule has 0 spiro atoms. The van der Waals surface area contributed by atoms with Gasteiger partial charge in [0.05, 0.1) is 27.9 Å². The third-order valence-electron chi connectivity index (χ3n) is 4.41. The predicted molar refractivity (Wildman–Crippen MR) is 108 cm³/mol. The van der Waals surface area contributed by atoms with Crippen molar-refractivity contribution in [2.24, 2.45) is 0 Å². The van der Waals surface area contributed by atoms with Crippen LogP contribution in [0.1, 0.15) is 33.4 Å². The van der Waals surface area contributed by atoms with E-state index >= 15 is 0 Å². The van der Waals surface area contributed by atoms with Gasteiger partial charge in [-0.2, -0.15) is 5.26 Å². The van der Waals surface area contributed by atoms with Crippen LogP contribution in [0.5, 0.6) is 0 Å². The van der Waals surface area contributed by atoms with E-state index in [2.05, 4.69) is 21.5 Å². The van der Waals surface area contributed by atoms with Gasteiger partial charge in [0, 0.05) is 10.4 Å². The number of aromatic nitrogens is 2. The smallest absolute Gasteiger partial charge is 0.259 e. The minimum atomic E-state index is -0.322. The molecule has 1 N–H and O–H groups in total. The highest BCUT2D eigenvalue weighted by Crippen LogP contribution is 2.31. The van der Waals surface area contributed by atoms with Gasteiger partial charge in [-0.15, -0.1) is 11.3 Å². The van der Waals surface area contributed by atoms with Crippen LogP contribution in [0.2, 0.25) is 0 Å². The summed E-state index contributed by atoms with van der Waals surface area (Å²) in [7, 11) is 0. The first-order chi connectivity index (χ1) is 13.6. The number of carbonyl (C=O) groups is 1. The molecule has 3 aromatic heterocycles. The Morgan fingerprint density at radius 2 is 2.07 bits per heavy atom. The van der Waals surface area contributed by atoms with Gasteiger partial charge >= 0.3 is 0 Å². The Hall–Kier alpha value is -3.50. The van der Waals surface area contributed by atoms with Gasteiger partial charge in [-0.1, -0.05) is 42.4 Å². The zero-order valence-corrected chi connectivity index (χ0v) is 16.1. The number of pyridine rings is 1. The summed E-state index contributed by atoms with van der Waals surface area (Å²) in [4.78, 5) is 18.7. The summed E-state index contributed by atoms with van der Waals surface area (Å²) in [6.07, 6.45) is 0.803. The molecule has 0 bridgehead atoms. The first-order valence-corrected chi connectivity index (χ1v) is 9.59. The Labute approximate surface area is 165 Å². The molecule has 0 fully saturated rings. The highest BCUT2D eigenvalue weighted by Gasteiger charge is 2.21. The highest BCUT2D eigenvalue weighted by atomic mass is 32.1. The monoisotopic (exact) mass is 388 g/mol. The average molecular weight is 388 g/mol. The molecule has 28 heavy (non-hydrogen) atoms. The fraction of sp³-hybridized carbons (Fsp3) is 0.143. The number of benzene rings is 1. The average Bonchev–Trinajstić information content (AvgIpc) is 3.31. The molecule has 0 saturated heterocycles. The molecule has 138 valence electrons. The third kappa shape index (κ3) is 3.15. The van der Waals surface area contributed by atoms with E-state index in [1.54, 1.807) is 13.0 Å². The number of nitrogens with one attached hydrogen (secondary N) is 1. The Morgan fingerprint density at radius 3 is 2.79 bits per heavy atom. The van der Waals surface area contributed by atoms with Gasteiger partial charge in [0.25, 0.3) is 11.6 Å². The number of nitriles is 1. The molecular weight excluding hydrogens is 372 g/mol. The number of hydrogen-bond acceptors (Lipinski definition) is 6. The van der Waals surface area contributed by atoms with E-state index in [9.17, 15) is 10.1 Å². The first-order valence-electron chi connectivity index (χ1n) is 8.77. The van der Waals surface area contributed by atoms with Crippen molar-refractivity contribution in [2.75, 3.05) is 5.32 Å². The molecule has 6 nitrogen and oxygen atoms in total. The summed E-state index contributed by atoms with van der Waals surface area (Å²) < 4.78 is 5.33. The molecule has 1 amide bonds. The van der Waals surface area contributed by atoms with Crippen LogP contribution in [-0.2, 0) is 6.42 Å². The Balaban J connectivity index is 1.81. The molecule has 0 atom stereocenters. The minimum Gasteiger partial charge on any atom is -0.335 e. The van der Waals surface area contributed by atoms with Crippen LogP contribution in [-0.4, -0.2) is 16.0 Å². The van der Waals surface area contributed by atoms with Crippen LogP contribution in [0, 0.1) is 18.3 Å². The Kier molecular flexibility index (Phi) is 4.63. The molecule has 0 aliphatic carbocycles. The molecule has 7 heteroatoms. The van der Waals surface area contributed by atoms with E-state index < -0.39 is 0 Å². The van der Waals surface area contributed by atoms with Gasteiger partial charge in [0.2, 0.25) is 0 Å². The van der Waals surface area contributed by atoms with Gasteiger partial charge in [0.1, 0.15) is 11.1 Å². The van der Waals surface area contributed by atoms with Gasteiger partial charge in [-0.3, -0.25) is 4.79 Å². The first kappa shape index (κ1) is 17.9. The molecule has 0 aliphatic heterocycles. The molecule has 4 aromatic rings. The number of rotatable bonds is 4. The van der Waals surface area contributed by atoms with Gasteiger partial charge in [0.15, 0.2) is 0 Å². The summed E-state index contributed by atoms with van der Waals surface area (Å²) in [5.74, 6) is -0.322. The van der Waals surface area contributed by atoms with Crippen molar-refractivity contribution < 1.29 is 9.32 Å². The maximum absolute atomic E-state index is 13.1. The van der Waals surface area contributed by atoms with E-state index in [0.29, 0.717) is 38.6 Å². The largest absolute Gasteiger partial charge is 0.335 e. The normalized spacial score (nSPS) is 10.8. The summed E-state index contributed by atoms with van der Waals surface area (Å²) in [5, 5.41) is 17.3. The van der Waals surface area contributed by atoms with E-state index in [0.717, 1.165) is 16.9 Å². The fourth-order valence-electron chi connectivity index (χ4n) is 2.99. The number of fused-ring (bicyclic) bond motifs is 1. The van der Waals surface area contributed by atoms with Crippen LogP contribution in [0.15, 0.2) is 47.0 Å². The second-order valence-corrected chi connectivity index (χ2v) is 7.38. The van der Waals surface area contributed by atoms with Crippen molar-refractivity contribution >= 4 is 33.3 Å². The van der Waals surface area contributed by atoms with E-state index in [-0.39, 0.29) is 5.91 Å². The van der Waals surface area contributed by atoms with Gasteiger partial charge in [-0.05, 0) is 25.5 Å². The summed E-state index contributed by atoms with van der Waals surface area (Å²) in [6, 6.07) is 15.2. The van der Waals surface area contributed by atoms with Gasteiger partial charge in [-0.25, -0.2) is 4.98 Å². The fourth-order valence-corrected chi connectivity index (χ4v) is 3.93. The summed E-state index contributed by atoms with van der Waals surface area (Å²) in [6.45, 7) is 3.78. The summed E-state index contributed by atoms with van der Waals surface area (Å²) in [5.41, 5.74) is 3.27. The number of amides is 1. The lowest BCUT2D eigenvalue weighted by atomic mass is 10.1. The van der Waals surface area contributed by atoms with Crippen LogP contribution in [0.3, 0.4) is 0 Å². The Bertz CT molecular complexity index is 1220. The predicted octanol–water partition coefficient (Wildman–Crippen LogP) is 4.95. The summed E-state index contributed by atoms with van der Waals surface area (Å²) >= 11 is 1.41. The SMILES string of the molecule is CCc1cc(C#N)c(NC(=O)c2cc(-c3ccccc3)nc3onc(C)c23)s1. The number of hydrogen-bond donors (Lipinski definition) is 1. The maximum Gasteiger partial charge on any atom is 0.259 e. The highest BCUT2D eigenvalue weighted by molar-refractivity contribution is 7.16. The lowest BCUT2D eigenvalue weighted by Gasteiger charge is -2.07. The zero-order chi connectivity index (χ0) is 19.7. The van der Waals surface area contributed by atoms with E-state index in [1.807, 2.05) is 43.3 Å². The number of anilines is 1. The van der Waals surface area contributed by atoms with E-state index in [4.69, 9.17) is 4.52 Å². The second-order valence-electron chi connectivity index (χ2n) is 6.24. The molecule has 4 rings (SSSR count). The quantitative estimate of drug-likeness (QED) is 0.534. The maximum atomic E-state index is 13.1. The molecule has 0 radical (unpaired) electrons. The number of aryl methyl sites for hydroxylation is 2. The van der Waals surface area contributed by atoms with Crippen LogP contribution in [0.4, 0.5) is 5.00 Å². The molecule has 0 aliphatic rings. The van der Waals surface area contributed by atoms with Crippen molar-refractivity contribution in [3.05, 3.63) is 64.2 Å². The number of thiophene rings is 1. The number of nitrogens with zero attached hydrogens (tertiary/aromatic N) is 3.